The van der Waals surface area contributed by atoms with Crippen LogP contribution in [-0.2, 0) is 0 Å². The maximum Gasteiger partial charge on any atom is 0.166 e. The summed E-state index contributed by atoms with van der Waals surface area (Å²) in [5.74, 6) is 0.633. The summed E-state index contributed by atoms with van der Waals surface area (Å²) in [6.07, 6.45) is 5.46. The highest BCUT2D eigenvalue weighted by Gasteiger charge is 2.48. The minimum Gasteiger partial charge on any atom is -0.486 e. The molecule has 6 rings (SSSR count). The van der Waals surface area contributed by atoms with Crippen LogP contribution in [0.15, 0.2) is 42.9 Å². The van der Waals surface area contributed by atoms with Crippen molar-refractivity contribution in [2.24, 2.45) is 0 Å². The molecule has 1 atom stereocenters. The number of halogens is 3. The Balaban J connectivity index is 1.27. The molecule has 1 spiro atoms. The normalized spacial score (nSPS) is 17.5. The molecule has 174 valence electrons. The van der Waals surface area contributed by atoms with Crippen molar-refractivity contribution < 1.29 is 9.13 Å². The first-order valence-electron chi connectivity index (χ1n) is 11.0. The van der Waals surface area contributed by atoms with Crippen LogP contribution >= 0.6 is 23.2 Å². The van der Waals surface area contributed by atoms with Crippen molar-refractivity contribution in [3.05, 3.63) is 64.3 Å². The van der Waals surface area contributed by atoms with Crippen LogP contribution in [0.3, 0.4) is 0 Å². The molecule has 0 radical (unpaired) electrons. The molecule has 2 saturated heterocycles. The highest BCUT2D eigenvalue weighted by atomic mass is 35.5. The molecule has 0 unspecified atom stereocenters. The first-order valence-corrected chi connectivity index (χ1v) is 11.8. The van der Waals surface area contributed by atoms with Crippen molar-refractivity contribution in [1.29, 1.82) is 0 Å². The van der Waals surface area contributed by atoms with E-state index in [1.54, 1.807) is 6.20 Å². The third-order valence-electron chi connectivity index (χ3n) is 6.63. The van der Waals surface area contributed by atoms with E-state index in [4.69, 9.17) is 27.9 Å². The van der Waals surface area contributed by atoms with Gasteiger partial charge in [0.05, 0.1) is 21.1 Å². The number of fused-ring (bicyclic) bond motifs is 1. The van der Waals surface area contributed by atoms with Crippen LogP contribution in [0, 0.1) is 5.82 Å². The van der Waals surface area contributed by atoms with Gasteiger partial charge in [-0.2, -0.15) is 5.10 Å². The van der Waals surface area contributed by atoms with E-state index in [9.17, 15) is 4.39 Å². The summed E-state index contributed by atoms with van der Waals surface area (Å²) in [5, 5.41) is 12.5. The van der Waals surface area contributed by atoms with Crippen LogP contribution in [0.25, 0.3) is 22.2 Å². The zero-order valence-corrected chi connectivity index (χ0v) is 19.8. The fourth-order valence-electron chi connectivity index (χ4n) is 4.73. The molecular weight excluding hydrogens is 478 g/mol. The summed E-state index contributed by atoms with van der Waals surface area (Å²) >= 11 is 12.5. The van der Waals surface area contributed by atoms with Gasteiger partial charge in [0.25, 0.3) is 0 Å². The van der Waals surface area contributed by atoms with Gasteiger partial charge in [0.1, 0.15) is 17.5 Å². The molecule has 1 aromatic carbocycles. The Morgan fingerprint density at radius 1 is 1.15 bits per heavy atom. The summed E-state index contributed by atoms with van der Waals surface area (Å²) in [4.78, 5) is 10.4. The summed E-state index contributed by atoms with van der Waals surface area (Å²) < 4.78 is 21.1. The van der Waals surface area contributed by atoms with Crippen LogP contribution < -0.4 is 15.0 Å². The van der Waals surface area contributed by atoms with Gasteiger partial charge >= 0.3 is 0 Å². The molecule has 3 aromatic heterocycles. The fraction of sp³-hybridized carbons (Fsp3) is 0.292. The van der Waals surface area contributed by atoms with Crippen LogP contribution in [0.5, 0.6) is 5.75 Å². The number of ether oxygens (including phenoxy) is 1. The predicted molar refractivity (Wildman–Crippen MR) is 130 cm³/mol. The van der Waals surface area contributed by atoms with Crippen molar-refractivity contribution in [2.75, 3.05) is 24.5 Å². The average molecular weight is 499 g/mol. The number of pyridine rings is 2. The quantitative estimate of drug-likeness (QED) is 0.395. The molecule has 7 nitrogen and oxygen atoms in total. The van der Waals surface area contributed by atoms with E-state index in [2.05, 4.69) is 25.5 Å². The van der Waals surface area contributed by atoms with Crippen molar-refractivity contribution in [2.45, 2.75) is 25.0 Å². The lowest BCUT2D eigenvalue weighted by atomic mass is 9.80. The Morgan fingerprint density at radius 3 is 2.59 bits per heavy atom. The number of nitrogens with one attached hydrogen (secondary N) is 2. The Hall–Kier alpha value is -2.94. The number of benzene rings is 1. The Labute approximate surface area is 205 Å². The van der Waals surface area contributed by atoms with Gasteiger partial charge in [-0.3, -0.25) is 10.1 Å². The number of hydrogen-bond acceptors (Lipinski definition) is 6. The van der Waals surface area contributed by atoms with E-state index in [-0.39, 0.29) is 11.4 Å². The molecule has 0 bridgehead atoms. The molecule has 10 heteroatoms. The first-order chi connectivity index (χ1) is 16.4. The second-order valence-electron chi connectivity index (χ2n) is 8.90. The lowest BCUT2D eigenvalue weighted by molar-refractivity contribution is 0.158. The number of hydrogen-bond donors (Lipinski definition) is 2. The van der Waals surface area contributed by atoms with Gasteiger partial charge in [0.15, 0.2) is 11.6 Å². The first kappa shape index (κ1) is 21.6. The highest BCUT2D eigenvalue weighted by Crippen LogP contribution is 2.37. The summed E-state index contributed by atoms with van der Waals surface area (Å²) in [6.45, 7) is 4.46. The SMILES string of the molecule is C[C@@H](Oc1ccc2[nH]nc(-c3cnc(N4CC5(CCN5)C4)c(F)c3)c2c1)c1c(Cl)cncc1Cl. The molecule has 2 N–H and O–H groups in total. The molecular formula is C24H21Cl2FN6O. The van der Waals surface area contributed by atoms with Crippen molar-refractivity contribution in [1.82, 2.24) is 25.5 Å². The van der Waals surface area contributed by atoms with Crippen molar-refractivity contribution >= 4 is 39.9 Å². The molecule has 2 aliphatic heterocycles. The Kier molecular flexibility index (Phi) is 5.13. The topological polar surface area (TPSA) is 79.0 Å². The van der Waals surface area contributed by atoms with Gasteiger partial charge in [-0.15, -0.1) is 0 Å². The number of H-pyrrole nitrogens is 1. The van der Waals surface area contributed by atoms with Gasteiger partial charge in [-0.05, 0) is 44.2 Å². The van der Waals surface area contributed by atoms with E-state index in [1.807, 2.05) is 30.0 Å². The Morgan fingerprint density at radius 2 is 1.91 bits per heavy atom. The standard InChI is InChI=1S/C24H21Cl2FN6O/c1-13(21-17(25)9-28-10-18(21)26)34-15-2-3-20-16(7-15)22(32-31-20)14-6-19(27)23(29-8-14)33-11-24(12-33)4-5-30-24/h2-3,6-10,13,30H,4-5,11-12H2,1H3,(H,31,32)/t13-/m1/s1. The molecule has 5 heterocycles. The van der Waals surface area contributed by atoms with Crippen LogP contribution in [0.2, 0.25) is 10.0 Å². The van der Waals surface area contributed by atoms with Crippen molar-refractivity contribution in [3.63, 3.8) is 0 Å². The molecule has 2 fully saturated rings. The molecule has 2 aliphatic rings. The van der Waals surface area contributed by atoms with Gasteiger partial charge < -0.3 is 15.0 Å². The fourth-order valence-corrected chi connectivity index (χ4v) is 5.41. The van der Waals surface area contributed by atoms with Gasteiger partial charge in [0, 0.05) is 48.2 Å². The van der Waals surface area contributed by atoms with Gasteiger partial charge in [-0.25, -0.2) is 9.37 Å². The van der Waals surface area contributed by atoms with E-state index < -0.39 is 6.10 Å². The minimum absolute atomic E-state index is 0.156. The molecule has 0 amide bonds. The lowest BCUT2D eigenvalue weighted by Gasteiger charge is -2.56. The number of anilines is 1. The number of rotatable bonds is 5. The molecule has 0 saturated carbocycles. The number of nitrogens with zero attached hydrogens (tertiary/aromatic N) is 4. The molecule has 4 aromatic rings. The number of aromatic amines is 1. The Bertz CT molecular complexity index is 1380. The summed E-state index contributed by atoms with van der Waals surface area (Å²) in [6, 6.07) is 7.05. The predicted octanol–water partition coefficient (Wildman–Crippen LogP) is 5.16. The van der Waals surface area contributed by atoms with E-state index in [1.165, 1.54) is 18.5 Å². The van der Waals surface area contributed by atoms with E-state index in [0.717, 1.165) is 37.0 Å². The van der Waals surface area contributed by atoms with Crippen molar-refractivity contribution in [3.8, 4) is 17.0 Å². The second-order valence-corrected chi connectivity index (χ2v) is 9.71. The van der Waals surface area contributed by atoms with E-state index >= 15 is 0 Å². The third kappa shape index (κ3) is 3.57. The summed E-state index contributed by atoms with van der Waals surface area (Å²) in [7, 11) is 0. The van der Waals surface area contributed by atoms with Crippen LogP contribution in [0.4, 0.5) is 10.2 Å². The number of aromatic nitrogens is 4. The van der Waals surface area contributed by atoms with Gasteiger partial charge in [0.2, 0.25) is 0 Å². The lowest BCUT2D eigenvalue weighted by Crippen LogP contribution is -2.76. The van der Waals surface area contributed by atoms with Crippen LogP contribution in [0.1, 0.15) is 25.0 Å². The second kappa shape index (κ2) is 8.08. The molecule has 0 aliphatic carbocycles. The maximum atomic E-state index is 15.0. The average Bonchev–Trinajstić information content (AvgIpc) is 3.16. The zero-order valence-electron chi connectivity index (χ0n) is 18.3. The molecule has 34 heavy (non-hydrogen) atoms. The zero-order chi connectivity index (χ0) is 23.4. The van der Waals surface area contributed by atoms with E-state index in [0.29, 0.717) is 38.4 Å². The minimum atomic E-state index is -0.404. The third-order valence-corrected chi connectivity index (χ3v) is 7.23. The summed E-state index contributed by atoms with van der Waals surface area (Å²) in [5.41, 5.74) is 2.82. The highest BCUT2D eigenvalue weighted by molar-refractivity contribution is 6.35. The smallest absolute Gasteiger partial charge is 0.166 e. The van der Waals surface area contributed by atoms with Crippen LogP contribution in [-0.4, -0.2) is 45.3 Å². The van der Waals surface area contributed by atoms with Gasteiger partial charge in [-0.1, -0.05) is 23.2 Å². The maximum absolute atomic E-state index is 15.0. The monoisotopic (exact) mass is 498 g/mol. The largest absolute Gasteiger partial charge is 0.486 e.